The molecule has 198 valence electrons. The van der Waals surface area contributed by atoms with Gasteiger partial charge in [0.05, 0.1) is 32.9 Å². The van der Waals surface area contributed by atoms with E-state index in [-0.39, 0.29) is 17.3 Å². The van der Waals surface area contributed by atoms with Crippen molar-refractivity contribution in [3.63, 3.8) is 0 Å². The predicted molar refractivity (Wildman–Crippen MR) is 147 cm³/mol. The number of ether oxygens (including phenoxy) is 3. The summed E-state index contributed by atoms with van der Waals surface area (Å²) in [5.74, 6) is -0.0108. The average Bonchev–Trinajstić information content (AvgIpc) is 3.21. The van der Waals surface area contributed by atoms with Gasteiger partial charge in [0.15, 0.2) is 11.5 Å². The molecule has 3 aromatic rings. The lowest BCUT2D eigenvalue weighted by Gasteiger charge is -2.26. The summed E-state index contributed by atoms with van der Waals surface area (Å²) in [6.45, 7) is 6.10. The predicted octanol–water partition coefficient (Wildman–Crippen LogP) is 6.02. The number of aliphatic hydroxyl groups is 1. The van der Waals surface area contributed by atoms with Crippen molar-refractivity contribution >= 4 is 23.1 Å². The van der Waals surface area contributed by atoms with Crippen LogP contribution >= 0.6 is 0 Å². The summed E-state index contributed by atoms with van der Waals surface area (Å²) in [7, 11) is 4.63. The van der Waals surface area contributed by atoms with Crippen molar-refractivity contribution in [3.05, 3.63) is 88.5 Å². The van der Waals surface area contributed by atoms with E-state index in [9.17, 15) is 14.7 Å². The Kier molecular flexibility index (Phi) is 7.76. The van der Waals surface area contributed by atoms with Gasteiger partial charge in [0, 0.05) is 17.3 Å². The molecule has 1 aliphatic heterocycles. The van der Waals surface area contributed by atoms with Gasteiger partial charge < -0.3 is 19.3 Å². The molecule has 38 heavy (non-hydrogen) atoms. The van der Waals surface area contributed by atoms with Crippen molar-refractivity contribution < 1.29 is 28.9 Å². The largest absolute Gasteiger partial charge is 0.507 e. The maximum absolute atomic E-state index is 13.5. The zero-order valence-corrected chi connectivity index (χ0v) is 22.6. The Morgan fingerprint density at radius 2 is 1.50 bits per heavy atom. The van der Waals surface area contributed by atoms with Gasteiger partial charge in [-0.15, -0.1) is 0 Å². The molecule has 1 atom stereocenters. The summed E-state index contributed by atoms with van der Waals surface area (Å²) >= 11 is 0. The number of Topliss-reactive ketones (excluding diaryl/α,β-unsaturated/α-hetero) is 1. The first-order valence-corrected chi connectivity index (χ1v) is 12.6. The minimum absolute atomic E-state index is 0.0221. The molecule has 1 amide bonds. The molecule has 0 aliphatic carbocycles. The van der Waals surface area contributed by atoms with Crippen LogP contribution in [0.1, 0.15) is 55.0 Å². The molecule has 1 saturated heterocycles. The van der Waals surface area contributed by atoms with Gasteiger partial charge in [-0.05, 0) is 59.4 Å². The number of carbonyl (C=O) groups is 2. The summed E-state index contributed by atoms with van der Waals surface area (Å²) in [6.07, 6.45) is 0.847. The summed E-state index contributed by atoms with van der Waals surface area (Å²) in [6, 6.07) is 17.2. The second kappa shape index (κ2) is 11.0. The number of aliphatic hydroxyl groups excluding tert-OH is 1. The molecule has 1 N–H and O–H groups in total. The number of rotatable bonds is 8. The molecule has 4 rings (SSSR count). The van der Waals surface area contributed by atoms with E-state index in [0.717, 1.165) is 17.5 Å². The van der Waals surface area contributed by atoms with Crippen LogP contribution in [-0.2, 0) is 16.0 Å². The van der Waals surface area contributed by atoms with Gasteiger partial charge in [-0.2, -0.15) is 0 Å². The summed E-state index contributed by atoms with van der Waals surface area (Å²) < 4.78 is 16.3. The van der Waals surface area contributed by atoms with E-state index in [1.807, 2.05) is 38.1 Å². The minimum atomic E-state index is -0.844. The number of hydrogen-bond donors (Lipinski definition) is 1. The maximum Gasteiger partial charge on any atom is 0.300 e. The maximum atomic E-state index is 13.5. The molecule has 1 aliphatic rings. The number of aryl methyl sites for hydroxylation is 1. The average molecular weight is 516 g/mol. The Labute approximate surface area is 223 Å². The van der Waals surface area contributed by atoms with Gasteiger partial charge in [0.2, 0.25) is 0 Å². The van der Waals surface area contributed by atoms with Gasteiger partial charge in [0.1, 0.15) is 11.5 Å². The quantitative estimate of drug-likeness (QED) is 0.224. The number of amides is 1. The standard InChI is InChI=1S/C31H33NO6/c1-7-19-8-10-20(11-9-19)28-27(29(33)21-12-14-24(36-4)23(16-21)18(2)3)30(34)31(35)32(28)22-13-15-25(37-5)26(17-22)38-6/h8-18,28,33H,7H2,1-6H3/b29-27-. The number of nitrogens with zero attached hydrogens (tertiary/aromatic N) is 1. The fourth-order valence-corrected chi connectivity index (χ4v) is 4.81. The van der Waals surface area contributed by atoms with Crippen molar-refractivity contribution in [1.82, 2.24) is 0 Å². The zero-order chi connectivity index (χ0) is 27.6. The lowest BCUT2D eigenvalue weighted by atomic mass is 9.92. The molecule has 7 nitrogen and oxygen atoms in total. The van der Waals surface area contributed by atoms with Gasteiger partial charge >= 0.3 is 0 Å². The lowest BCUT2D eigenvalue weighted by molar-refractivity contribution is -0.132. The number of ketones is 1. The smallest absolute Gasteiger partial charge is 0.300 e. The second-order valence-corrected chi connectivity index (χ2v) is 9.41. The van der Waals surface area contributed by atoms with Crippen LogP contribution in [0.2, 0.25) is 0 Å². The Hall–Kier alpha value is -4.26. The minimum Gasteiger partial charge on any atom is -0.507 e. The molecular weight excluding hydrogens is 482 g/mol. The van der Waals surface area contributed by atoms with Crippen LogP contribution in [0.15, 0.2) is 66.2 Å². The Morgan fingerprint density at radius 3 is 2.08 bits per heavy atom. The normalized spacial score (nSPS) is 16.7. The number of hydrogen-bond acceptors (Lipinski definition) is 6. The van der Waals surface area contributed by atoms with Crippen LogP contribution < -0.4 is 19.1 Å². The van der Waals surface area contributed by atoms with Crippen LogP contribution in [-0.4, -0.2) is 38.1 Å². The fraction of sp³-hybridized carbons (Fsp3) is 0.290. The van der Waals surface area contributed by atoms with Crippen molar-refractivity contribution in [1.29, 1.82) is 0 Å². The van der Waals surface area contributed by atoms with Crippen molar-refractivity contribution in [2.24, 2.45) is 0 Å². The number of benzene rings is 3. The van der Waals surface area contributed by atoms with Crippen molar-refractivity contribution in [3.8, 4) is 17.2 Å². The van der Waals surface area contributed by atoms with Gasteiger partial charge in [-0.25, -0.2) is 0 Å². The van der Waals surface area contributed by atoms with Gasteiger partial charge in [0.25, 0.3) is 11.7 Å². The Morgan fingerprint density at radius 1 is 0.868 bits per heavy atom. The van der Waals surface area contributed by atoms with Gasteiger partial charge in [-0.3, -0.25) is 14.5 Å². The highest BCUT2D eigenvalue weighted by atomic mass is 16.5. The number of methoxy groups -OCH3 is 3. The van der Waals surface area contributed by atoms with E-state index in [1.165, 1.54) is 19.1 Å². The third-order valence-corrected chi connectivity index (χ3v) is 6.92. The fourth-order valence-electron chi connectivity index (χ4n) is 4.81. The second-order valence-electron chi connectivity index (χ2n) is 9.41. The van der Waals surface area contributed by atoms with Crippen LogP contribution in [0, 0.1) is 0 Å². The SMILES string of the molecule is CCc1ccc(C2/C(=C(/O)c3ccc(OC)c(C(C)C)c3)C(=O)C(=O)N2c2ccc(OC)c(OC)c2)cc1. The lowest BCUT2D eigenvalue weighted by Crippen LogP contribution is -2.29. The Bertz CT molecular complexity index is 1390. The van der Waals surface area contributed by atoms with Crippen LogP contribution in [0.4, 0.5) is 5.69 Å². The monoisotopic (exact) mass is 515 g/mol. The van der Waals surface area contributed by atoms with E-state index in [4.69, 9.17) is 14.2 Å². The molecule has 3 aromatic carbocycles. The van der Waals surface area contributed by atoms with Crippen LogP contribution in [0.3, 0.4) is 0 Å². The molecule has 0 aromatic heterocycles. The first kappa shape index (κ1) is 26.8. The molecule has 1 unspecified atom stereocenters. The molecular formula is C31H33NO6. The summed E-state index contributed by atoms with van der Waals surface area (Å²) in [4.78, 5) is 28.5. The molecule has 0 bridgehead atoms. The molecule has 7 heteroatoms. The van der Waals surface area contributed by atoms with Crippen molar-refractivity contribution in [2.45, 2.75) is 39.2 Å². The van der Waals surface area contributed by atoms with E-state index in [2.05, 4.69) is 6.92 Å². The zero-order valence-electron chi connectivity index (χ0n) is 22.6. The third-order valence-electron chi connectivity index (χ3n) is 6.92. The summed E-state index contributed by atoms with van der Waals surface area (Å²) in [5.41, 5.74) is 3.62. The molecule has 1 fully saturated rings. The van der Waals surface area contributed by atoms with E-state index < -0.39 is 17.7 Å². The first-order chi connectivity index (χ1) is 18.2. The highest BCUT2D eigenvalue weighted by Crippen LogP contribution is 2.44. The highest BCUT2D eigenvalue weighted by Gasteiger charge is 2.47. The summed E-state index contributed by atoms with van der Waals surface area (Å²) in [5, 5.41) is 11.6. The van der Waals surface area contributed by atoms with E-state index in [1.54, 1.807) is 43.5 Å². The number of carbonyl (C=O) groups excluding carboxylic acids is 2. The van der Waals surface area contributed by atoms with E-state index in [0.29, 0.717) is 34.1 Å². The third kappa shape index (κ3) is 4.72. The first-order valence-electron chi connectivity index (χ1n) is 12.6. The topological polar surface area (TPSA) is 85.3 Å². The Balaban J connectivity index is 1.95. The molecule has 0 saturated carbocycles. The molecule has 1 heterocycles. The van der Waals surface area contributed by atoms with Crippen LogP contribution in [0.5, 0.6) is 17.2 Å². The number of anilines is 1. The molecule has 0 spiro atoms. The highest BCUT2D eigenvalue weighted by molar-refractivity contribution is 6.51. The molecule has 0 radical (unpaired) electrons. The van der Waals surface area contributed by atoms with Gasteiger partial charge in [-0.1, -0.05) is 45.0 Å². The van der Waals surface area contributed by atoms with Crippen LogP contribution in [0.25, 0.3) is 5.76 Å². The van der Waals surface area contributed by atoms with E-state index >= 15 is 0 Å². The van der Waals surface area contributed by atoms with Crippen molar-refractivity contribution in [2.75, 3.05) is 26.2 Å².